The van der Waals surface area contributed by atoms with E-state index in [1.54, 1.807) is 41.3 Å². The van der Waals surface area contributed by atoms with Gasteiger partial charge in [-0.05, 0) is 86.7 Å². The van der Waals surface area contributed by atoms with Crippen LogP contribution in [-0.4, -0.2) is 51.0 Å². The molecule has 198 valence electrons. The second-order valence-corrected chi connectivity index (χ2v) is 10.9. The fraction of sp³-hybridized carbons (Fsp3) is 0.172. The maximum atomic E-state index is 13.0. The van der Waals surface area contributed by atoms with Crippen LogP contribution in [0, 0.1) is 0 Å². The summed E-state index contributed by atoms with van der Waals surface area (Å²) in [6.45, 7) is 0.983. The topological polar surface area (TPSA) is 104 Å². The average molecular weight is 607 g/mol. The number of amides is 3. The molecular weight excluding hydrogens is 584 g/mol. The number of imide groups is 1. The summed E-state index contributed by atoms with van der Waals surface area (Å²) >= 11 is 4.29. The third-order valence-corrected chi connectivity index (χ3v) is 8.03. The lowest BCUT2D eigenvalue weighted by Crippen LogP contribution is -2.44. The van der Waals surface area contributed by atoms with Gasteiger partial charge in [0, 0.05) is 13.1 Å². The first-order valence-electron chi connectivity index (χ1n) is 12.1. The number of thioether (sulfide) groups is 1. The second kappa shape index (κ2) is 11.5. The highest BCUT2D eigenvalue weighted by molar-refractivity contribution is 9.10. The number of aromatic carboxylic acids is 1. The van der Waals surface area contributed by atoms with Crippen LogP contribution in [0.4, 0.5) is 4.79 Å². The smallest absolute Gasteiger partial charge is 0.335 e. The summed E-state index contributed by atoms with van der Waals surface area (Å²) in [6.07, 6.45) is 2.36. The van der Waals surface area contributed by atoms with Crippen molar-refractivity contribution in [2.45, 2.75) is 19.6 Å². The predicted molar refractivity (Wildman–Crippen MR) is 150 cm³/mol. The standard InChI is InChI=1S/C29H23BrN2O6S/c30-23-13-19(7-10-24(23)38-17-18-5-8-21(9-6-18)28(35)36)14-25-27(34)32(29(37)39-25)16-26(33)31-12-11-20-3-1-2-4-22(20)15-31/h1-10,13-14H,11-12,15-17H2,(H,35,36)/b25-14-. The summed E-state index contributed by atoms with van der Waals surface area (Å²) in [4.78, 5) is 52.4. The van der Waals surface area contributed by atoms with Crippen molar-refractivity contribution in [3.8, 4) is 5.75 Å². The molecule has 1 saturated heterocycles. The van der Waals surface area contributed by atoms with Gasteiger partial charge in [0.05, 0.1) is 14.9 Å². The molecule has 2 aliphatic heterocycles. The highest BCUT2D eigenvalue weighted by Gasteiger charge is 2.37. The minimum atomic E-state index is -0.988. The van der Waals surface area contributed by atoms with Crippen LogP contribution in [0.15, 0.2) is 76.1 Å². The SMILES string of the molecule is O=C(O)c1ccc(COc2ccc(/C=C3\SC(=O)N(CC(=O)N4CCc5ccccc5C4)C3=O)cc2Br)cc1. The summed E-state index contributed by atoms with van der Waals surface area (Å²) in [5, 5.41) is 8.55. The van der Waals surface area contributed by atoms with Crippen LogP contribution in [0.25, 0.3) is 6.08 Å². The molecule has 5 rings (SSSR count). The van der Waals surface area contributed by atoms with Gasteiger partial charge >= 0.3 is 5.97 Å². The maximum absolute atomic E-state index is 13.0. The normalized spacial score (nSPS) is 16.0. The van der Waals surface area contributed by atoms with Crippen molar-refractivity contribution in [3.63, 3.8) is 0 Å². The van der Waals surface area contributed by atoms with Crippen molar-refractivity contribution < 1.29 is 29.0 Å². The van der Waals surface area contributed by atoms with Crippen molar-refractivity contribution in [2.75, 3.05) is 13.1 Å². The molecule has 0 spiro atoms. The number of hydrogen-bond acceptors (Lipinski definition) is 6. The van der Waals surface area contributed by atoms with E-state index in [0.29, 0.717) is 28.9 Å². The van der Waals surface area contributed by atoms with Crippen LogP contribution in [0.2, 0.25) is 0 Å². The zero-order valence-corrected chi connectivity index (χ0v) is 23.0. The Labute approximate surface area is 237 Å². The lowest BCUT2D eigenvalue weighted by Gasteiger charge is -2.29. The first kappa shape index (κ1) is 26.7. The highest BCUT2D eigenvalue weighted by Crippen LogP contribution is 2.34. The molecule has 0 unspecified atom stereocenters. The third-order valence-electron chi connectivity index (χ3n) is 6.50. The van der Waals surface area contributed by atoms with Crippen LogP contribution < -0.4 is 4.74 Å². The van der Waals surface area contributed by atoms with E-state index in [1.165, 1.54) is 17.7 Å². The van der Waals surface area contributed by atoms with E-state index >= 15 is 0 Å². The molecule has 0 radical (unpaired) electrons. The molecule has 0 saturated carbocycles. The molecule has 2 heterocycles. The number of carboxylic acids is 1. The molecule has 8 nitrogen and oxygen atoms in total. The summed E-state index contributed by atoms with van der Waals surface area (Å²) in [5.74, 6) is -1.17. The molecule has 1 N–H and O–H groups in total. The fourth-order valence-corrected chi connectivity index (χ4v) is 5.71. The number of benzene rings is 3. The highest BCUT2D eigenvalue weighted by atomic mass is 79.9. The molecule has 3 amide bonds. The summed E-state index contributed by atoms with van der Waals surface area (Å²) in [7, 11) is 0. The van der Waals surface area contributed by atoms with Crippen LogP contribution in [-0.2, 0) is 29.2 Å². The van der Waals surface area contributed by atoms with Crippen LogP contribution in [0.3, 0.4) is 0 Å². The molecule has 0 bridgehead atoms. The number of rotatable bonds is 7. The minimum absolute atomic E-state index is 0.204. The Bertz CT molecular complexity index is 1500. The van der Waals surface area contributed by atoms with E-state index in [9.17, 15) is 19.2 Å². The lowest BCUT2D eigenvalue weighted by atomic mass is 10.00. The van der Waals surface area contributed by atoms with Gasteiger partial charge in [-0.25, -0.2) is 4.79 Å². The van der Waals surface area contributed by atoms with Crippen molar-refractivity contribution in [2.24, 2.45) is 0 Å². The van der Waals surface area contributed by atoms with Crippen molar-refractivity contribution >= 4 is 56.8 Å². The zero-order valence-electron chi connectivity index (χ0n) is 20.6. The largest absolute Gasteiger partial charge is 0.488 e. The molecule has 0 aliphatic carbocycles. The Balaban J connectivity index is 1.21. The number of nitrogens with zero attached hydrogens (tertiary/aromatic N) is 2. The summed E-state index contributed by atoms with van der Waals surface area (Å²) in [5.41, 5.74) is 4.00. The summed E-state index contributed by atoms with van der Waals surface area (Å²) in [6, 6.07) is 19.7. The third kappa shape index (κ3) is 6.07. The van der Waals surface area contributed by atoms with Crippen molar-refractivity contribution in [3.05, 3.63) is 104 Å². The number of carboxylic acid groups (broad SMARTS) is 1. The Kier molecular flexibility index (Phi) is 7.85. The van der Waals surface area contributed by atoms with Gasteiger partial charge in [0.15, 0.2) is 0 Å². The molecule has 3 aromatic rings. The van der Waals surface area contributed by atoms with E-state index in [1.807, 2.05) is 18.2 Å². The Morgan fingerprint density at radius 3 is 2.49 bits per heavy atom. The first-order chi connectivity index (χ1) is 18.8. The monoisotopic (exact) mass is 606 g/mol. The van der Waals surface area contributed by atoms with Gasteiger partial charge in [-0.3, -0.25) is 19.3 Å². The van der Waals surface area contributed by atoms with Gasteiger partial charge < -0.3 is 14.7 Å². The maximum Gasteiger partial charge on any atom is 0.335 e. The fourth-order valence-electron chi connectivity index (χ4n) is 4.36. The van der Waals surface area contributed by atoms with Crippen LogP contribution in [0.1, 0.15) is 32.6 Å². The molecule has 3 aromatic carbocycles. The van der Waals surface area contributed by atoms with E-state index in [-0.39, 0.29) is 29.5 Å². The molecule has 1 fully saturated rings. The van der Waals surface area contributed by atoms with Gasteiger partial charge in [0.2, 0.25) is 5.91 Å². The molecule has 10 heteroatoms. The number of carbonyl (C=O) groups is 4. The van der Waals surface area contributed by atoms with Crippen molar-refractivity contribution in [1.82, 2.24) is 9.80 Å². The van der Waals surface area contributed by atoms with Crippen LogP contribution in [0.5, 0.6) is 5.75 Å². The van der Waals surface area contributed by atoms with E-state index in [2.05, 4.69) is 22.0 Å². The van der Waals surface area contributed by atoms with Gasteiger partial charge in [-0.15, -0.1) is 0 Å². The minimum Gasteiger partial charge on any atom is -0.488 e. The summed E-state index contributed by atoms with van der Waals surface area (Å²) < 4.78 is 6.49. The number of hydrogen-bond donors (Lipinski definition) is 1. The second-order valence-electron chi connectivity index (χ2n) is 9.08. The number of ether oxygens (including phenoxy) is 1. The quantitative estimate of drug-likeness (QED) is 0.362. The predicted octanol–water partition coefficient (Wildman–Crippen LogP) is 5.35. The lowest BCUT2D eigenvalue weighted by molar-refractivity contribution is -0.136. The zero-order chi connectivity index (χ0) is 27.5. The van der Waals surface area contributed by atoms with Gasteiger partial charge in [-0.1, -0.05) is 42.5 Å². The molecular formula is C29H23BrN2O6S. The Hall–Kier alpha value is -3.89. The van der Waals surface area contributed by atoms with Crippen LogP contribution >= 0.6 is 27.7 Å². The van der Waals surface area contributed by atoms with Gasteiger partial charge in [0.25, 0.3) is 11.1 Å². The average Bonchev–Trinajstić information content (AvgIpc) is 3.19. The number of halogens is 1. The number of fused-ring (bicyclic) bond motifs is 1. The Morgan fingerprint density at radius 2 is 1.77 bits per heavy atom. The van der Waals surface area contributed by atoms with E-state index < -0.39 is 17.1 Å². The van der Waals surface area contributed by atoms with Gasteiger partial charge in [-0.2, -0.15) is 0 Å². The first-order valence-corrected chi connectivity index (χ1v) is 13.7. The van der Waals surface area contributed by atoms with Crippen molar-refractivity contribution in [1.29, 1.82) is 0 Å². The van der Waals surface area contributed by atoms with Gasteiger partial charge in [0.1, 0.15) is 18.9 Å². The van der Waals surface area contributed by atoms with E-state index in [4.69, 9.17) is 9.84 Å². The van der Waals surface area contributed by atoms with E-state index in [0.717, 1.165) is 34.2 Å². The Morgan fingerprint density at radius 1 is 1.03 bits per heavy atom. The molecule has 39 heavy (non-hydrogen) atoms. The molecule has 0 atom stereocenters. The number of carbonyl (C=O) groups excluding carboxylic acids is 3. The molecule has 0 aromatic heterocycles. The molecule has 2 aliphatic rings.